The highest BCUT2D eigenvalue weighted by Crippen LogP contribution is 2.17. The molecule has 0 aliphatic heterocycles. The Kier molecular flexibility index (Phi) is 59.0. The molecule has 0 spiro atoms. The molecule has 0 saturated heterocycles. The first-order valence-corrected chi connectivity index (χ1v) is 31.7. The maximum Gasteiger partial charge on any atom is 0.305 e. The quantitative estimate of drug-likeness (QED) is 0.0321. The molecule has 6 heteroatoms. The maximum atomic E-state index is 12.4. The van der Waals surface area contributed by atoms with Crippen LogP contribution in [-0.2, 0) is 14.3 Å². The van der Waals surface area contributed by atoms with Gasteiger partial charge in [-0.15, -0.1) is 0 Å². The summed E-state index contributed by atoms with van der Waals surface area (Å²) in [6.07, 6.45) is 76.0. The van der Waals surface area contributed by atoms with Crippen molar-refractivity contribution in [2.75, 3.05) is 13.2 Å². The van der Waals surface area contributed by atoms with Crippen LogP contribution >= 0.6 is 0 Å². The minimum absolute atomic E-state index is 0.00771. The number of allylic oxidation sites excluding steroid dienone is 6. The highest BCUT2D eigenvalue weighted by Gasteiger charge is 2.20. The Labute approximate surface area is 443 Å². The normalized spacial score (nSPS) is 12.8. The average molecular weight is 999 g/mol. The fourth-order valence-electron chi connectivity index (χ4n) is 9.78. The van der Waals surface area contributed by atoms with Crippen molar-refractivity contribution in [2.45, 2.75) is 353 Å². The van der Waals surface area contributed by atoms with E-state index in [1.54, 1.807) is 0 Å². The number of aliphatic hydroxyl groups excluding tert-OH is 2. The molecule has 0 rings (SSSR count). The van der Waals surface area contributed by atoms with Gasteiger partial charge in [0.1, 0.15) is 0 Å². The van der Waals surface area contributed by atoms with Gasteiger partial charge in [0.2, 0.25) is 5.91 Å². The minimum Gasteiger partial charge on any atom is -0.466 e. The van der Waals surface area contributed by atoms with E-state index in [0.717, 1.165) is 51.4 Å². The van der Waals surface area contributed by atoms with E-state index in [2.05, 4.69) is 55.6 Å². The van der Waals surface area contributed by atoms with E-state index in [1.165, 1.54) is 257 Å². The molecule has 0 aliphatic rings. The van der Waals surface area contributed by atoms with E-state index in [0.29, 0.717) is 25.9 Å². The van der Waals surface area contributed by atoms with Crippen molar-refractivity contribution >= 4 is 11.9 Å². The van der Waals surface area contributed by atoms with Crippen LogP contribution < -0.4 is 5.32 Å². The van der Waals surface area contributed by atoms with Gasteiger partial charge in [-0.2, -0.15) is 0 Å². The molecule has 0 aromatic carbocycles. The van der Waals surface area contributed by atoms with Crippen LogP contribution in [0.25, 0.3) is 0 Å². The lowest BCUT2D eigenvalue weighted by Crippen LogP contribution is -2.45. The van der Waals surface area contributed by atoms with E-state index in [1.807, 2.05) is 0 Å². The highest BCUT2D eigenvalue weighted by atomic mass is 16.5. The van der Waals surface area contributed by atoms with Crippen LogP contribution in [0.2, 0.25) is 0 Å². The van der Waals surface area contributed by atoms with Crippen LogP contribution in [0.1, 0.15) is 341 Å². The van der Waals surface area contributed by atoms with E-state index in [-0.39, 0.29) is 18.5 Å². The zero-order chi connectivity index (χ0) is 51.4. The fraction of sp³-hybridized carbons (Fsp3) is 0.877. The van der Waals surface area contributed by atoms with Crippen LogP contribution in [0.5, 0.6) is 0 Å². The van der Waals surface area contributed by atoms with E-state index in [4.69, 9.17) is 4.74 Å². The molecule has 2 atom stereocenters. The third-order valence-electron chi connectivity index (χ3n) is 14.7. The number of hydrogen-bond acceptors (Lipinski definition) is 5. The van der Waals surface area contributed by atoms with Crippen LogP contribution in [-0.4, -0.2) is 47.4 Å². The Morgan fingerprint density at radius 2 is 0.704 bits per heavy atom. The first kappa shape index (κ1) is 69.1. The summed E-state index contributed by atoms with van der Waals surface area (Å²) >= 11 is 0. The molecule has 3 N–H and O–H groups in total. The molecule has 6 nitrogen and oxygen atoms in total. The van der Waals surface area contributed by atoms with Crippen molar-refractivity contribution in [3.63, 3.8) is 0 Å². The number of nitrogens with one attached hydrogen (secondary N) is 1. The van der Waals surface area contributed by atoms with Gasteiger partial charge in [-0.05, 0) is 83.5 Å². The lowest BCUT2D eigenvalue weighted by atomic mass is 10.0. The molecule has 0 aromatic heterocycles. The summed E-state index contributed by atoms with van der Waals surface area (Å²) in [4.78, 5) is 24.5. The van der Waals surface area contributed by atoms with Crippen LogP contribution in [0.15, 0.2) is 36.5 Å². The molecule has 418 valence electrons. The Hall–Kier alpha value is -1.92. The molecule has 2 unspecified atom stereocenters. The predicted molar refractivity (Wildman–Crippen MR) is 310 cm³/mol. The van der Waals surface area contributed by atoms with Gasteiger partial charge in [0.25, 0.3) is 0 Å². The summed E-state index contributed by atoms with van der Waals surface area (Å²) in [6.45, 7) is 4.94. The SMILES string of the molecule is CCCCCCCCC/C=C\CCCCCCCCCC(=O)OCCCCCCCCCCC/C=C\C/C=C\CCCCCCCCCCCCCC(=O)NC(CO)C(O)CCCCCCCCCCC. The highest BCUT2D eigenvalue weighted by molar-refractivity contribution is 5.76. The van der Waals surface area contributed by atoms with Gasteiger partial charge in [0, 0.05) is 12.8 Å². The number of esters is 1. The van der Waals surface area contributed by atoms with Crippen molar-refractivity contribution in [1.29, 1.82) is 0 Å². The largest absolute Gasteiger partial charge is 0.466 e. The number of aliphatic hydroxyl groups is 2. The van der Waals surface area contributed by atoms with Gasteiger partial charge in [0.15, 0.2) is 0 Å². The summed E-state index contributed by atoms with van der Waals surface area (Å²) in [6, 6.07) is -0.542. The van der Waals surface area contributed by atoms with Gasteiger partial charge >= 0.3 is 5.97 Å². The zero-order valence-electron chi connectivity index (χ0n) is 47.7. The summed E-state index contributed by atoms with van der Waals surface area (Å²) in [5.41, 5.74) is 0. The Bertz CT molecular complexity index is 1150. The number of rotatable bonds is 59. The maximum absolute atomic E-state index is 12.4. The Balaban J connectivity index is 3.38. The Morgan fingerprint density at radius 1 is 0.394 bits per heavy atom. The van der Waals surface area contributed by atoms with Gasteiger partial charge in [-0.1, -0.05) is 281 Å². The monoisotopic (exact) mass is 998 g/mol. The molecule has 0 fully saturated rings. The lowest BCUT2D eigenvalue weighted by Gasteiger charge is -2.22. The minimum atomic E-state index is -0.664. The molecule has 0 aromatic rings. The first-order valence-electron chi connectivity index (χ1n) is 31.7. The smallest absolute Gasteiger partial charge is 0.305 e. The second-order valence-electron chi connectivity index (χ2n) is 21.7. The van der Waals surface area contributed by atoms with Crippen molar-refractivity contribution in [3.8, 4) is 0 Å². The summed E-state index contributed by atoms with van der Waals surface area (Å²) in [5.74, 6) is -0.0324. The van der Waals surface area contributed by atoms with Gasteiger partial charge < -0.3 is 20.3 Å². The molecule has 0 saturated carbocycles. The summed E-state index contributed by atoms with van der Waals surface area (Å²) in [7, 11) is 0. The number of unbranched alkanes of at least 4 members (excludes halogenated alkanes) is 42. The summed E-state index contributed by atoms with van der Waals surface area (Å²) < 4.78 is 5.49. The second-order valence-corrected chi connectivity index (χ2v) is 21.7. The second kappa shape index (κ2) is 60.6. The number of ether oxygens (including phenoxy) is 1. The Morgan fingerprint density at radius 3 is 1.08 bits per heavy atom. The zero-order valence-corrected chi connectivity index (χ0v) is 47.7. The van der Waals surface area contributed by atoms with Crippen molar-refractivity contribution in [1.82, 2.24) is 5.32 Å². The molecule has 0 bridgehead atoms. The molecule has 0 heterocycles. The van der Waals surface area contributed by atoms with Crippen LogP contribution in [0.4, 0.5) is 0 Å². The number of carbonyl (C=O) groups excluding carboxylic acids is 2. The molecular formula is C65H123NO5. The van der Waals surface area contributed by atoms with E-state index in [9.17, 15) is 19.8 Å². The van der Waals surface area contributed by atoms with Gasteiger partial charge in [-0.3, -0.25) is 9.59 Å². The number of amides is 1. The number of hydrogen-bond donors (Lipinski definition) is 3. The van der Waals surface area contributed by atoms with Crippen molar-refractivity contribution in [3.05, 3.63) is 36.5 Å². The standard InChI is InChI=1S/C65H123NO5/c1-3-5-7-9-11-13-14-15-16-17-30-33-36-39-43-47-51-55-59-65(70)71-60-56-52-48-44-40-37-34-31-28-26-24-22-20-18-19-21-23-25-27-29-32-35-38-42-46-50-54-58-64(69)66-62(61-67)63(68)57-53-49-45-41-12-10-8-6-4-2/h16-19,22,24,62-63,67-68H,3-15,20-21,23,25-61H2,1-2H3,(H,66,69)/b17-16-,19-18-,24-22-. The van der Waals surface area contributed by atoms with Crippen LogP contribution in [0, 0.1) is 0 Å². The fourth-order valence-corrected chi connectivity index (χ4v) is 9.78. The lowest BCUT2D eigenvalue weighted by molar-refractivity contribution is -0.143. The predicted octanol–water partition coefficient (Wildman–Crippen LogP) is 20.0. The topological polar surface area (TPSA) is 95.9 Å². The van der Waals surface area contributed by atoms with Crippen molar-refractivity contribution < 1.29 is 24.5 Å². The van der Waals surface area contributed by atoms with Gasteiger partial charge in [-0.25, -0.2) is 0 Å². The van der Waals surface area contributed by atoms with E-state index < -0.39 is 12.1 Å². The summed E-state index contributed by atoms with van der Waals surface area (Å²) in [5, 5.41) is 23.1. The number of carbonyl (C=O) groups is 2. The molecule has 1 amide bonds. The third-order valence-corrected chi connectivity index (χ3v) is 14.7. The third kappa shape index (κ3) is 57.2. The average Bonchev–Trinajstić information content (AvgIpc) is 3.37. The van der Waals surface area contributed by atoms with E-state index >= 15 is 0 Å². The van der Waals surface area contributed by atoms with Crippen LogP contribution in [0.3, 0.4) is 0 Å². The molecule has 0 aliphatic carbocycles. The molecule has 71 heavy (non-hydrogen) atoms. The molecular weight excluding hydrogens is 875 g/mol. The molecule has 0 radical (unpaired) electrons. The first-order chi connectivity index (χ1) is 35.0. The van der Waals surface area contributed by atoms with Gasteiger partial charge in [0.05, 0.1) is 25.4 Å². The van der Waals surface area contributed by atoms with Crippen molar-refractivity contribution in [2.24, 2.45) is 0 Å².